The molecule has 0 fully saturated rings. The molecule has 1 heterocycles. The van der Waals surface area contributed by atoms with E-state index in [2.05, 4.69) is 10.6 Å². The number of carbonyl (C=O) groups excluding carboxylic acids is 1. The van der Waals surface area contributed by atoms with Crippen LogP contribution in [0.15, 0.2) is 28.7 Å². The van der Waals surface area contributed by atoms with Gasteiger partial charge in [0.05, 0.1) is 6.54 Å². The number of amides is 2. The zero-order valence-electron chi connectivity index (χ0n) is 13.0. The van der Waals surface area contributed by atoms with Crippen LogP contribution in [0.3, 0.4) is 0 Å². The fraction of sp³-hybridized carbons (Fsp3) is 0.312. The topological polar surface area (TPSA) is 74.5 Å². The lowest BCUT2D eigenvalue weighted by molar-refractivity contribution is 0.0584. The van der Waals surface area contributed by atoms with Crippen molar-refractivity contribution in [2.75, 3.05) is 11.9 Å². The molecule has 0 aliphatic carbocycles. The third kappa shape index (κ3) is 4.07. The Hall–Kier alpha value is -2.41. The Morgan fingerprint density at radius 2 is 1.96 bits per heavy atom. The van der Waals surface area contributed by atoms with Crippen molar-refractivity contribution >= 4 is 11.7 Å². The monoisotopic (exact) mass is 324 g/mol. The number of benzene rings is 1. The molecule has 1 aromatic heterocycles. The number of aliphatic hydroxyl groups is 1. The highest BCUT2D eigenvalue weighted by atomic mass is 19.2. The van der Waals surface area contributed by atoms with E-state index in [0.29, 0.717) is 17.1 Å². The summed E-state index contributed by atoms with van der Waals surface area (Å²) in [4.78, 5) is 11.8. The summed E-state index contributed by atoms with van der Waals surface area (Å²) < 4.78 is 31.3. The van der Waals surface area contributed by atoms with Gasteiger partial charge in [-0.3, -0.25) is 0 Å². The lowest BCUT2D eigenvalue weighted by atomic mass is 9.96. The molecule has 0 aliphatic rings. The first-order chi connectivity index (χ1) is 10.7. The minimum absolute atomic E-state index is 0.0810. The number of urea groups is 1. The van der Waals surface area contributed by atoms with Crippen molar-refractivity contribution in [2.45, 2.75) is 26.4 Å². The Balaban J connectivity index is 1.98. The quantitative estimate of drug-likeness (QED) is 0.808. The van der Waals surface area contributed by atoms with Gasteiger partial charge >= 0.3 is 6.03 Å². The zero-order valence-corrected chi connectivity index (χ0v) is 13.0. The van der Waals surface area contributed by atoms with E-state index in [-0.39, 0.29) is 12.2 Å². The van der Waals surface area contributed by atoms with Gasteiger partial charge in [-0.15, -0.1) is 0 Å². The number of hydrogen-bond acceptors (Lipinski definition) is 3. The maximum atomic E-state index is 13.1. The van der Waals surface area contributed by atoms with Crippen molar-refractivity contribution in [1.82, 2.24) is 5.32 Å². The van der Waals surface area contributed by atoms with Crippen molar-refractivity contribution < 1.29 is 23.1 Å². The lowest BCUT2D eigenvalue weighted by Gasteiger charge is -2.23. The molecule has 2 rings (SSSR count). The van der Waals surface area contributed by atoms with E-state index >= 15 is 0 Å². The van der Waals surface area contributed by atoms with Gasteiger partial charge in [-0.25, -0.2) is 13.6 Å². The molecular formula is C16H18F2N2O3. The summed E-state index contributed by atoms with van der Waals surface area (Å²) in [5.74, 6) is -0.830. The maximum absolute atomic E-state index is 13.1. The van der Waals surface area contributed by atoms with E-state index < -0.39 is 23.3 Å². The van der Waals surface area contributed by atoms with Gasteiger partial charge < -0.3 is 20.2 Å². The summed E-state index contributed by atoms with van der Waals surface area (Å²) in [7, 11) is 0. The average molecular weight is 324 g/mol. The Labute approximate surface area is 132 Å². The summed E-state index contributed by atoms with van der Waals surface area (Å²) in [5.41, 5.74) is -0.646. The number of nitrogens with one attached hydrogen (secondary N) is 2. The second kappa shape index (κ2) is 6.37. The fourth-order valence-electron chi connectivity index (χ4n) is 2.26. The van der Waals surface area contributed by atoms with Gasteiger partial charge in [0.2, 0.25) is 0 Å². The molecule has 5 nitrogen and oxygen atoms in total. The number of anilines is 1. The van der Waals surface area contributed by atoms with Crippen LogP contribution in [-0.2, 0) is 5.60 Å². The number of rotatable bonds is 4. The summed E-state index contributed by atoms with van der Waals surface area (Å²) in [5, 5.41) is 15.3. The molecule has 0 saturated carbocycles. The smallest absolute Gasteiger partial charge is 0.319 e. The van der Waals surface area contributed by atoms with Gasteiger partial charge in [0.15, 0.2) is 11.6 Å². The van der Waals surface area contributed by atoms with Gasteiger partial charge in [-0.05, 0) is 39.0 Å². The highest BCUT2D eigenvalue weighted by Crippen LogP contribution is 2.26. The van der Waals surface area contributed by atoms with Crippen molar-refractivity contribution in [2.24, 2.45) is 0 Å². The molecule has 23 heavy (non-hydrogen) atoms. The number of hydrogen-bond donors (Lipinski definition) is 3. The van der Waals surface area contributed by atoms with Crippen molar-refractivity contribution in [3.63, 3.8) is 0 Å². The summed E-state index contributed by atoms with van der Waals surface area (Å²) in [6, 6.07) is 4.08. The largest absolute Gasteiger partial charge is 0.466 e. The Morgan fingerprint density at radius 3 is 2.52 bits per heavy atom. The minimum Gasteiger partial charge on any atom is -0.466 e. The van der Waals surface area contributed by atoms with E-state index in [1.807, 2.05) is 0 Å². The average Bonchev–Trinajstić information content (AvgIpc) is 2.81. The predicted molar refractivity (Wildman–Crippen MR) is 81.1 cm³/mol. The van der Waals surface area contributed by atoms with Crippen LogP contribution in [0.2, 0.25) is 0 Å². The molecule has 0 saturated heterocycles. The fourth-order valence-corrected chi connectivity index (χ4v) is 2.26. The first-order valence-electron chi connectivity index (χ1n) is 6.99. The molecule has 1 atom stereocenters. The molecular weight excluding hydrogens is 306 g/mol. The molecule has 124 valence electrons. The van der Waals surface area contributed by atoms with E-state index in [1.165, 1.54) is 6.07 Å². The van der Waals surface area contributed by atoms with E-state index in [1.54, 1.807) is 26.8 Å². The summed E-state index contributed by atoms with van der Waals surface area (Å²) in [6.45, 7) is 4.94. The Kier molecular flexibility index (Phi) is 4.70. The minimum atomic E-state index is -1.33. The van der Waals surface area contributed by atoms with Crippen LogP contribution < -0.4 is 10.6 Å². The van der Waals surface area contributed by atoms with Gasteiger partial charge in [0.1, 0.15) is 17.1 Å². The molecule has 1 aromatic carbocycles. The summed E-state index contributed by atoms with van der Waals surface area (Å²) in [6.07, 6.45) is 0. The van der Waals surface area contributed by atoms with Crippen LogP contribution >= 0.6 is 0 Å². The summed E-state index contributed by atoms with van der Waals surface area (Å²) >= 11 is 0. The second-order valence-electron chi connectivity index (χ2n) is 5.54. The predicted octanol–water partition coefficient (Wildman–Crippen LogP) is 3.20. The van der Waals surface area contributed by atoms with Crippen LogP contribution in [0.25, 0.3) is 0 Å². The third-order valence-corrected chi connectivity index (χ3v) is 3.39. The number of carbonyl (C=O) groups is 1. The molecule has 1 unspecified atom stereocenters. The van der Waals surface area contributed by atoms with Gasteiger partial charge in [0, 0.05) is 17.3 Å². The van der Waals surface area contributed by atoms with Gasteiger partial charge in [-0.2, -0.15) is 0 Å². The van der Waals surface area contributed by atoms with Crippen LogP contribution in [0.1, 0.15) is 24.0 Å². The normalized spacial score (nSPS) is 13.5. The van der Waals surface area contributed by atoms with Gasteiger partial charge in [-0.1, -0.05) is 0 Å². The SMILES string of the molecule is Cc1cc(C(C)(O)CNC(=O)Nc2ccc(F)c(F)c2)c(C)o1. The molecule has 0 radical (unpaired) electrons. The van der Waals surface area contributed by atoms with Crippen molar-refractivity contribution in [3.8, 4) is 0 Å². The first kappa shape index (κ1) is 17.0. The highest BCUT2D eigenvalue weighted by Gasteiger charge is 2.28. The van der Waals surface area contributed by atoms with E-state index in [9.17, 15) is 18.7 Å². The third-order valence-electron chi connectivity index (χ3n) is 3.39. The molecule has 3 N–H and O–H groups in total. The molecule has 0 spiro atoms. The first-order valence-corrected chi connectivity index (χ1v) is 6.99. The molecule has 0 bridgehead atoms. The van der Waals surface area contributed by atoms with Gasteiger partial charge in [0.25, 0.3) is 0 Å². The van der Waals surface area contributed by atoms with E-state index in [4.69, 9.17) is 4.42 Å². The Bertz CT molecular complexity index is 726. The molecule has 2 amide bonds. The molecule has 2 aromatic rings. The van der Waals surface area contributed by atoms with Crippen molar-refractivity contribution in [1.29, 1.82) is 0 Å². The van der Waals surface area contributed by atoms with Crippen LogP contribution in [-0.4, -0.2) is 17.7 Å². The second-order valence-corrected chi connectivity index (χ2v) is 5.54. The van der Waals surface area contributed by atoms with Crippen LogP contribution in [0.5, 0.6) is 0 Å². The van der Waals surface area contributed by atoms with Crippen LogP contribution in [0, 0.1) is 25.5 Å². The molecule has 7 heteroatoms. The molecule has 0 aliphatic heterocycles. The maximum Gasteiger partial charge on any atom is 0.319 e. The van der Waals surface area contributed by atoms with Crippen molar-refractivity contribution in [3.05, 3.63) is 53.0 Å². The number of halogens is 2. The zero-order chi connectivity index (χ0) is 17.2. The highest BCUT2D eigenvalue weighted by molar-refractivity contribution is 5.89. The van der Waals surface area contributed by atoms with E-state index in [0.717, 1.165) is 12.1 Å². The van der Waals surface area contributed by atoms with Crippen LogP contribution in [0.4, 0.5) is 19.3 Å². The number of aryl methyl sites for hydroxylation is 2. The lowest BCUT2D eigenvalue weighted by Crippen LogP contribution is -2.40. The standard InChI is InChI=1S/C16H18F2N2O3/c1-9-6-12(10(2)23-9)16(3,22)8-19-15(21)20-11-4-5-13(17)14(18)7-11/h4-7,22H,8H2,1-3H3,(H2,19,20,21). The Morgan fingerprint density at radius 1 is 1.26 bits per heavy atom. The number of furan rings is 1.